The Balaban J connectivity index is 1.82. The average Bonchev–Trinajstić information content (AvgIpc) is 2.89. The summed E-state index contributed by atoms with van der Waals surface area (Å²) in [5.74, 6) is 1.08. The summed E-state index contributed by atoms with van der Waals surface area (Å²) in [6, 6.07) is 0. The van der Waals surface area contributed by atoms with Crippen LogP contribution < -0.4 is 5.32 Å². The number of anilines is 1. The molecule has 0 aliphatic carbocycles. The van der Waals surface area contributed by atoms with Crippen LogP contribution in [0.1, 0.15) is 48.9 Å². The molecule has 0 radical (unpaired) electrons. The Hall–Kier alpha value is -1.47. The molecule has 22 heavy (non-hydrogen) atoms. The second kappa shape index (κ2) is 6.75. The molecule has 1 N–H and O–H groups in total. The lowest BCUT2D eigenvalue weighted by atomic mass is 9.88. The molecular formula is C15H18N4OS2. The molecule has 7 heteroatoms. The van der Waals surface area contributed by atoms with Gasteiger partial charge in [0.15, 0.2) is 5.16 Å². The summed E-state index contributed by atoms with van der Waals surface area (Å²) in [4.78, 5) is 20.8. The van der Waals surface area contributed by atoms with Crippen molar-refractivity contribution in [2.45, 2.75) is 44.2 Å². The average molecular weight is 334 g/mol. The zero-order valence-corrected chi connectivity index (χ0v) is 14.3. The molecule has 0 saturated carbocycles. The summed E-state index contributed by atoms with van der Waals surface area (Å²) in [6.07, 6.45) is 6.48. The normalized spacial score (nSPS) is 17.2. The third-order valence-corrected chi connectivity index (χ3v) is 5.51. The van der Waals surface area contributed by atoms with Gasteiger partial charge >= 0.3 is 0 Å². The minimum Gasteiger partial charge on any atom is -0.316 e. The second-order valence-electron chi connectivity index (χ2n) is 5.32. The number of nitrogens with one attached hydrogen (secondary N) is 1. The van der Waals surface area contributed by atoms with Crippen molar-refractivity contribution in [3.8, 4) is 0 Å². The first-order chi connectivity index (χ1) is 10.7. The van der Waals surface area contributed by atoms with E-state index < -0.39 is 0 Å². The van der Waals surface area contributed by atoms with E-state index >= 15 is 0 Å². The number of hydrogen-bond donors (Lipinski definition) is 1. The van der Waals surface area contributed by atoms with Gasteiger partial charge in [0, 0.05) is 36.0 Å². The van der Waals surface area contributed by atoms with E-state index in [2.05, 4.69) is 26.6 Å². The van der Waals surface area contributed by atoms with E-state index in [9.17, 15) is 4.79 Å². The lowest BCUT2D eigenvalue weighted by Crippen LogP contribution is -2.22. The molecule has 3 heterocycles. The van der Waals surface area contributed by atoms with Crippen molar-refractivity contribution >= 4 is 34.2 Å². The van der Waals surface area contributed by atoms with Crippen molar-refractivity contribution in [2.24, 2.45) is 0 Å². The zero-order chi connectivity index (χ0) is 15.5. The summed E-state index contributed by atoms with van der Waals surface area (Å²) in [5.41, 5.74) is 3.07. The Morgan fingerprint density at radius 1 is 1.41 bits per heavy atom. The molecule has 0 fully saturated rings. The van der Waals surface area contributed by atoms with Crippen molar-refractivity contribution in [2.75, 3.05) is 11.1 Å². The van der Waals surface area contributed by atoms with E-state index in [1.807, 2.05) is 19.3 Å². The second-order valence-corrected chi connectivity index (χ2v) is 7.15. The number of aryl methyl sites for hydroxylation is 1. The lowest BCUT2D eigenvalue weighted by Gasteiger charge is -2.22. The monoisotopic (exact) mass is 334 g/mol. The predicted octanol–water partition coefficient (Wildman–Crippen LogP) is 3.61. The molecule has 116 valence electrons. The molecule has 0 unspecified atom stereocenters. The largest absolute Gasteiger partial charge is 0.316 e. The summed E-state index contributed by atoms with van der Waals surface area (Å²) in [7, 11) is 0. The van der Waals surface area contributed by atoms with E-state index in [1.165, 1.54) is 24.4 Å². The Kier molecular flexibility index (Phi) is 4.73. The first kappa shape index (κ1) is 15.4. The van der Waals surface area contributed by atoms with Gasteiger partial charge in [-0.1, -0.05) is 25.1 Å². The highest BCUT2D eigenvalue weighted by atomic mass is 32.2. The molecule has 1 amide bonds. The van der Waals surface area contributed by atoms with Crippen LogP contribution in [0.25, 0.3) is 0 Å². The van der Waals surface area contributed by atoms with E-state index in [4.69, 9.17) is 0 Å². The summed E-state index contributed by atoms with van der Waals surface area (Å²) in [5, 5.41) is 4.56. The van der Waals surface area contributed by atoms with Crippen LogP contribution in [0, 0.1) is 6.92 Å². The predicted molar refractivity (Wildman–Crippen MR) is 89.6 cm³/mol. The van der Waals surface area contributed by atoms with Crippen molar-refractivity contribution in [1.82, 2.24) is 14.3 Å². The van der Waals surface area contributed by atoms with E-state index in [0.29, 0.717) is 6.42 Å². The van der Waals surface area contributed by atoms with Crippen molar-refractivity contribution in [3.05, 3.63) is 29.2 Å². The van der Waals surface area contributed by atoms with Crippen LogP contribution in [0.4, 0.5) is 5.00 Å². The van der Waals surface area contributed by atoms with Gasteiger partial charge in [-0.05, 0) is 30.4 Å². The van der Waals surface area contributed by atoms with Crippen molar-refractivity contribution in [3.63, 3.8) is 0 Å². The fourth-order valence-electron chi connectivity index (χ4n) is 2.52. The minimum atomic E-state index is 0.0113. The van der Waals surface area contributed by atoms with Crippen LogP contribution in [-0.2, 0) is 4.79 Å². The third-order valence-electron chi connectivity index (χ3n) is 3.68. The maximum atomic E-state index is 11.9. The van der Waals surface area contributed by atoms with Gasteiger partial charge in [0.1, 0.15) is 5.00 Å². The molecule has 1 aliphatic heterocycles. The van der Waals surface area contributed by atoms with Crippen LogP contribution in [0.15, 0.2) is 17.6 Å². The Labute approximate surface area is 138 Å². The van der Waals surface area contributed by atoms with Crippen LogP contribution >= 0.6 is 23.3 Å². The van der Waals surface area contributed by atoms with Crippen LogP contribution in [0.3, 0.4) is 0 Å². The Morgan fingerprint density at radius 3 is 2.91 bits per heavy atom. The number of aromatic nitrogens is 3. The quantitative estimate of drug-likeness (QED) is 0.514. The first-order valence-electron chi connectivity index (χ1n) is 7.39. The molecule has 0 saturated heterocycles. The number of rotatable bonds is 5. The van der Waals surface area contributed by atoms with Crippen molar-refractivity contribution in [1.29, 1.82) is 0 Å². The molecule has 3 rings (SSSR count). The van der Waals surface area contributed by atoms with Gasteiger partial charge in [-0.25, -0.2) is 9.97 Å². The van der Waals surface area contributed by atoms with E-state index in [-0.39, 0.29) is 11.8 Å². The van der Waals surface area contributed by atoms with Crippen LogP contribution in [0.2, 0.25) is 0 Å². The van der Waals surface area contributed by atoms with Crippen LogP contribution in [0.5, 0.6) is 0 Å². The highest BCUT2D eigenvalue weighted by Gasteiger charge is 2.30. The summed E-state index contributed by atoms with van der Waals surface area (Å²) in [6.45, 7) is 4.16. The number of carbonyl (C=O) groups is 1. The molecule has 5 nitrogen and oxygen atoms in total. The topological polar surface area (TPSA) is 67.8 Å². The molecule has 1 aliphatic rings. The molecule has 0 bridgehead atoms. The van der Waals surface area contributed by atoms with E-state index in [0.717, 1.165) is 32.7 Å². The number of fused-ring (bicyclic) bond motifs is 1. The smallest absolute Gasteiger partial charge is 0.225 e. The molecule has 0 aromatic carbocycles. The van der Waals surface area contributed by atoms with Gasteiger partial charge in [-0.3, -0.25) is 4.79 Å². The summed E-state index contributed by atoms with van der Waals surface area (Å²) >= 11 is 3.02. The fourth-order valence-corrected chi connectivity index (χ4v) is 4.26. The van der Waals surface area contributed by atoms with Gasteiger partial charge in [0.05, 0.1) is 5.69 Å². The standard InChI is InChI=1S/C15H18N4OS2/c1-3-4-5-21-15-16-7-10(8-17-15)11-6-12(20)18-14-13(11)9(2)19-22-14/h7-8,11H,3-6H2,1-2H3,(H,18,20)/t11-/m0/s1. The maximum Gasteiger partial charge on any atom is 0.225 e. The lowest BCUT2D eigenvalue weighted by molar-refractivity contribution is -0.116. The fraction of sp³-hybridized carbons (Fsp3) is 0.467. The highest BCUT2D eigenvalue weighted by Crippen LogP contribution is 2.40. The number of hydrogen-bond acceptors (Lipinski definition) is 6. The molecule has 2 aromatic rings. The van der Waals surface area contributed by atoms with Gasteiger partial charge in [0.2, 0.25) is 5.91 Å². The Morgan fingerprint density at radius 2 is 2.18 bits per heavy atom. The first-order valence-corrected chi connectivity index (χ1v) is 9.15. The molecule has 1 atom stereocenters. The molecule has 2 aromatic heterocycles. The number of thioether (sulfide) groups is 1. The van der Waals surface area contributed by atoms with Gasteiger partial charge in [-0.2, -0.15) is 4.37 Å². The van der Waals surface area contributed by atoms with Crippen molar-refractivity contribution < 1.29 is 4.79 Å². The van der Waals surface area contributed by atoms with Gasteiger partial charge in [0.25, 0.3) is 0 Å². The number of nitrogens with zero attached hydrogens (tertiary/aromatic N) is 3. The molecule has 0 spiro atoms. The maximum absolute atomic E-state index is 11.9. The van der Waals surface area contributed by atoms with Gasteiger partial charge < -0.3 is 5.32 Å². The minimum absolute atomic E-state index is 0.0113. The number of amides is 1. The van der Waals surface area contributed by atoms with E-state index in [1.54, 1.807) is 11.8 Å². The Bertz CT molecular complexity index is 669. The SMILES string of the molecule is CCCCSc1ncc([C@@H]2CC(=O)Nc3snc(C)c32)cn1. The third kappa shape index (κ3) is 3.15. The highest BCUT2D eigenvalue weighted by molar-refractivity contribution is 7.99. The van der Waals surface area contributed by atoms with Crippen LogP contribution in [-0.4, -0.2) is 26.0 Å². The number of unbranched alkanes of at least 4 members (excludes halogenated alkanes) is 1. The molecular weight excluding hydrogens is 316 g/mol. The number of carbonyl (C=O) groups excluding carboxylic acids is 1. The van der Waals surface area contributed by atoms with Gasteiger partial charge in [-0.15, -0.1) is 0 Å². The summed E-state index contributed by atoms with van der Waals surface area (Å²) < 4.78 is 4.36. The zero-order valence-electron chi connectivity index (χ0n) is 12.6.